The van der Waals surface area contributed by atoms with Crippen molar-refractivity contribution in [3.63, 3.8) is 0 Å². The van der Waals surface area contributed by atoms with Crippen LogP contribution in [-0.4, -0.2) is 69.2 Å². The van der Waals surface area contributed by atoms with Gasteiger partial charge in [-0.25, -0.2) is 0 Å². The third-order valence-corrected chi connectivity index (χ3v) is 4.27. The third-order valence-electron chi connectivity index (χ3n) is 4.27. The molecule has 7 heteroatoms. The van der Waals surface area contributed by atoms with E-state index in [1.807, 2.05) is 25.2 Å². The lowest BCUT2D eigenvalue weighted by Crippen LogP contribution is -2.52. The molecule has 0 aromatic heterocycles. The normalized spacial score (nSPS) is 17.8. The lowest BCUT2D eigenvalue weighted by atomic mass is 10.2. The van der Waals surface area contributed by atoms with E-state index >= 15 is 0 Å². The molecule has 1 fully saturated rings. The average molecular weight is 358 g/mol. The second-order valence-electron chi connectivity index (χ2n) is 5.96. The summed E-state index contributed by atoms with van der Waals surface area (Å²) < 4.78 is 10.5. The maximum atomic E-state index is 12.4. The van der Waals surface area contributed by atoms with Gasteiger partial charge in [0.05, 0.1) is 20.8 Å². The van der Waals surface area contributed by atoms with Crippen LogP contribution in [0, 0.1) is 0 Å². The molecule has 1 heterocycles. The highest BCUT2D eigenvalue weighted by Gasteiger charge is 2.22. The number of halogens is 1. The first-order valence-corrected chi connectivity index (χ1v) is 7.94. The molecule has 1 aromatic rings. The van der Waals surface area contributed by atoms with Crippen LogP contribution >= 0.6 is 12.4 Å². The first-order valence-electron chi connectivity index (χ1n) is 7.94. The second-order valence-corrected chi connectivity index (χ2v) is 5.96. The lowest BCUT2D eigenvalue weighted by Gasteiger charge is -2.34. The Labute approximate surface area is 150 Å². The minimum absolute atomic E-state index is 0. The van der Waals surface area contributed by atoms with Crippen molar-refractivity contribution < 1.29 is 14.3 Å². The second kappa shape index (κ2) is 9.71. The van der Waals surface area contributed by atoms with Crippen LogP contribution in [-0.2, 0) is 11.3 Å². The molecule has 24 heavy (non-hydrogen) atoms. The van der Waals surface area contributed by atoms with Gasteiger partial charge in [0.15, 0.2) is 11.5 Å². The number of rotatable bonds is 6. The molecule has 0 unspecified atom stereocenters. The topological polar surface area (TPSA) is 54.0 Å². The van der Waals surface area contributed by atoms with E-state index in [-0.39, 0.29) is 18.3 Å². The number of amides is 1. The van der Waals surface area contributed by atoms with Gasteiger partial charge in [0, 0.05) is 39.3 Å². The van der Waals surface area contributed by atoms with Crippen LogP contribution in [0.25, 0.3) is 0 Å². The van der Waals surface area contributed by atoms with Crippen LogP contribution in [0.1, 0.15) is 12.5 Å². The SMILES string of the molecule is COc1ccc(CN(C)C(=O)CN2CCNC[C@@H]2C)cc1OC.Cl. The molecule has 0 spiro atoms. The molecule has 0 aliphatic carbocycles. The van der Waals surface area contributed by atoms with Crippen LogP contribution < -0.4 is 14.8 Å². The van der Waals surface area contributed by atoms with Gasteiger partial charge in [-0.15, -0.1) is 12.4 Å². The number of piperazine rings is 1. The number of carbonyl (C=O) groups is 1. The van der Waals surface area contributed by atoms with E-state index in [0.29, 0.717) is 30.6 Å². The summed E-state index contributed by atoms with van der Waals surface area (Å²) in [4.78, 5) is 16.4. The largest absolute Gasteiger partial charge is 0.493 e. The van der Waals surface area contributed by atoms with E-state index in [4.69, 9.17) is 9.47 Å². The van der Waals surface area contributed by atoms with E-state index in [0.717, 1.165) is 25.2 Å². The third kappa shape index (κ3) is 5.26. The van der Waals surface area contributed by atoms with Crippen molar-refractivity contribution in [1.82, 2.24) is 15.1 Å². The molecule has 0 bridgehead atoms. The fourth-order valence-corrected chi connectivity index (χ4v) is 2.75. The Balaban J connectivity index is 0.00000288. The molecule has 1 N–H and O–H groups in total. The molecule has 1 aliphatic heterocycles. The molecular weight excluding hydrogens is 330 g/mol. The van der Waals surface area contributed by atoms with E-state index in [1.165, 1.54) is 0 Å². The van der Waals surface area contributed by atoms with Crippen LogP contribution in [0.4, 0.5) is 0 Å². The molecule has 136 valence electrons. The Morgan fingerprint density at radius 2 is 2.04 bits per heavy atom. The van der Waals surface area contributed by atoms with Crippen molar-refractivity contribution in [2.75, 3.05) is 47.4 Å². The fourth-order valence-electron chi connectivity index (χ4n) is 2.75. The number of nitrogens with zero attached hydrogens (tertiary/aromatic N) is 2. The molecule has 1 aromatic carbocycles. The summed E-state index contributed by atoms with van der Waals surface area (Å²) in [7, 11) is 5.07. The average Bonchev–Trinajstić information content (AvgIpc) is 2.56. The van der Waals surface area contributed by atoms with Gasteiger partial charge in [-0.05, 0) is 24.6 Å². The fraction of sp³-hybridized carbons (Fsp3) is 0.588. The van der Waals surface area contributed by atoms with Gasteiger partial charge in [-0.1, -0.05) is 6.07 Å². The Bertz CT molecular complexity index is 542. The highest BCUT2D eigenvalue weighted by atomic mass is 35.5. The van der Waals surface area contributed by atoms with Gasteiger partial charge in [0.2, 0.25) is 5.91 Å². The summed E-state index contributed by atoms with van der Waals surface area (Å²) in [6.07, 6.45) is 0. The molecule has 2 rings (SSSR count). The number of benzene rings is 1. The Morgan fingerprint density at radius 3 is 2.67 bits per heavy atom. The molecule has 6 nitrogen and oxygen atoms in total. The summed E-state index contributed by atoms with van der Waals surface area (Å²) in [6.45, 7) is 5.96. The Kier molecular flexibility index (Phi) is 8.31. The van der Waals surface area contributed by atoms with Crippen molar-refractivity contribution in [3.8, 4) is 11.5 Å². The Hall–Kier alpha value is -1.50. The highest BCUT2D eigenvalue weighted by Crippen LogP contribution is 2.27. The smallest absolute Gasteiger partial charge is 0.236 e. The first-order chi connectivity index (χ1) is 11.0. The number of hydrogen-bond donors (Lipinski definition) is 1. The number of likely N-dealkylation sites (N-methyl/N-ethyl adjacent to an activating group) is 1. The van der Waals surface area contributed by atoms with Crippen molar-refractivity contribution in [3.05, 3.63) is 23.8 Å². The molecule has 1 atom stereocenters. The highest BCUT2D eigenvalue weighted by molar-refractivity contribution is 5.85. The Morgan fingerprint density at radius 1 is 1.33 bits per heavy atom. The van der Waals surface area contributed by atoms with E-state index in [2.05, 4.69) is 17.1 Å². The number of nitrogens with one attached hydrogen (secondary N) is 1. The van der Waals surface area contributed by atoms with Gasteiger partial charge in [0.1, 0.15) is 0 Å². The van der Waals surface area contributed by atoms with E-state index in [1.54, 1.807) is 19.1 Å². The van der Waals surface area contributed by atoms with Crippen molar-refractivity contribution >= 4 is 18.3 Å². The monoisotopic (exact) mass is 357 g/mol. The van der Waals surface area contributed by atoms with Gasteiger partial charge < -0.3 is 19.7 Å². The number of hydrogen-bond acceptors (Lipinski definition) is 5. The van der Waals surface area contributed by atoms with E-state index < -0.39 is 0 Å². The van der Waals surface area contributed by atoms with Crippen molar-refractivity contribution in [2.24, 2.45) is 0 Å². The zero-order chi connectivity index (χ0) is 16.8. The first kappa shape index (κ1) is 20.5. The summed E-state index contributed by atoms with van der Waals surface area (Å²) in [6, 6.07) is 6.13. The summed E-state index contributed by atoms with van der Waals surface area (Å²) in [5.74, 6) is 1.51. The number of ether oxygens (including phenoxy) is 2. The van der Waals surface area contributed by atoms with Gasteiger partial charge in [-0.3, -0.25) is 9.69 Å². The summed E-state index contributed by atoms with van der Waals surface area (Å²) in [5.41, 5.74) is 1.02. The summed E-state index contributed by atoms with van der Waals surface area (Å²) in [5, 5.41) is 3.34. The predicted octanol–water partition coefficient (Wildman–Crippen LogP) is 1.38. The van der Waals surface area contributed by atoms with Gasteiger partial charge in [-0.2, -0.15) is 0 Å². The maximum absolute atomic E-state index is 12.4. The van der Waals surface area contributed by atoms with Crippen LogP contribution in [0.3, 0.4) is 0 Å². The minimum Gasteiger partial charge on any atom is -0.493 e. The lowest BCUT2D eigenvalue weighted by molar-refractivity contribution is -0.132. The zero-order valence-corrected chi connectivity index (χ0v) is 15.7. The van der Waals surface area contributed by atoms with Crippen LogP contribution in [0.5, 0.6) is 11.5 Å². The molecule has 0 saturated carbocycles. The molecule has 0 radical (unpaired) electrons. The van der Waals surface area contributed by atoms with Gasteiger partial charge in [0.25, 0.3) is 0 Å². The van der Waals surface area contributed by atoms with Crippen LogP contribution in [0.2, 0.25) is 0 Å². The molecule has 1 aliphatic rings. The van der Waals surface area contributed by atoms with Crippen LogP contribution in [0.15, 0.2) is 18.2 Å². The number of carbonyl (C=O) groups excluding carboxylic acids is 1. The van der Waals surface area contributed by atoms with Gasteiger partial charge >= 0.3 is 0 Å². The number of methoxy groups -OCH3 is 2. The van der Waals surface area contributed by atoms with Crippen molar-refractivity contribution in [1.29, 1.82) is 0 Å². The molecular formula is C17H28ClN3O3. The quantitative estimate of drug-likeness (QED) is 0.833. The standard InChI is InChI=1S/C17H27N3O3.ClH/c1-13-10-18-7-8-20(13)12-17(21)19(2)11-14-5-6-15(22-3)16(9-14)23-4;/h5-6,9,13,18H,7-8,10-12H2,1-4H3;1H/t13-;/m0./s1. The molecule has 1 amide bonds. The summed E-state index contributed by atoms with van der Waals surface area (Å²) >= 11 is 0. The molecule has 1 saturated heterocycles. The van der Waals surface area contributed by atoms with E-state index in [9.17, 15) is 4.79 Å². The maximum Gasteiger partial charge on any atom is 0.236 e. The minimum atomic E-state index is 0. The zero-order valence-electron chi connectivity index (χ0n) is 14.9. The van der Waals surface area contributed by atoms with Crippen molar-refractivity contribution in [2.45, 2.75) is 19.5 Å². The predicted molar refractivity (Wildman–Crippen MR) is 97.2 cm³/mol.